The number of carbonyl (C=O) groups is 2. The maximum Gasteiger partial charge on any atom is 0.408 e. The molecule has 0 spiro atoms. The van der Waals surface area contributed by atoms with Crippen molar-refractivity contribution in [3.8, 4) is 0 Å². The molecule has 0 radical (unpaired) electrons. The van der Waals surface area contributed by atoms with Crippen molar-refractivity contribution >= 4 is 21.9 Å². The quantitative estimate of drug-likeness (QED) is 0.635. The van der Waals surface area contributed by atoms with Gasteiger partial charge in [-0.2, -0.15) is 0 Å². The SMILES string of the molecule is CCCCOC(=O)NC(CCC(=O)O)S(C)(=O)=O. The van der Waals surface area contributed by atoms with Crippen LogP contribution in [0.5, 0.6) is 0 Å². The van der Waals surface area contributed by atoms with E-state index in [0.29, 0.717) is 6.42 Å². The minimum atomic E-state index is -3.56. The standard InChI is InChI=1S/C10H19NO6S/c1-3-4-7-17-10(14)11-8(18(2,15)16)5-6-9(12)13/h8H,3-7H2,1-2H3,(H,11,14)(H,12,13). The summed E-state index contributed by atoms with van der Waals surface area (Å²) >= 11 is 0. The molecule has 106 valence electrons. The Balaban J connectivity index is 4.33. The van der Waals surface area contributed by atoms with Gasteiger partial charge in [0.2, 0.25) is 0 Å². The maximum absolute atomic E-state index is 11.3. The molecule has 1 atom stereocenters. The molecule has 0 bridgehead atoms. The summed E-state index contributed by atoms with van der Waals surface area (Å²) < 4.78 is 27.4. The second-order valence-corrected chi connectivity index (χ2v) is 6.11. The smallest absolute Gasteiger partial charge is 0.408 e. The molecule has 2 N–H and O–H groups in total. The number of sulfone groups is 1. The average Bonchev–Trinajstić information content (AvgIpc) is 2.22. The van der Waals surface area contributed by atoms with Crippen LogP contribution in [0.15, 0.2) is 0 Å². The number of hydrogen-bond acceptors (Lipinski definition) is 5. The first-order valence-electron chi connectivity index (χ1n) is 5.61. The normalized spacial score (nSPS) is 12.8. The summed E-state index contributed by atoms with van der Waals surface area (Å²) in [5.74, 6) is -1.12. The Morgan fingerprint density at radius 1 is 1.39 bits per heavy atom. The number of amides is 1. The van der Waals surface area contributed by atoms with Crippen LogP contribution in [-0.2, 0) is 19.4 Å². The lowest BCUT2D eigenvalue weighted by Gasteiger charge is -2.15. The second kappa shape index (κ2) is 7.91. The molecule has 0 saturated heterocycles. The van der Waals surface area contributed by atoms with Gasteiger partial charge in [0.05, 0.1) is 6.61 Å². The van der Waals surface area contributed by atoms with E-state index in [1.54, 1.807) is 0 Å². The number of aliphatic carboxylic acids is 1. The van der Waals surface area contributed by atoms with Gasteiger partial charge in [-0.1, -0.05) is 13.3 Å². The Kier molecular flexibility index (Phi) is 7.33. The fourth-order valence-corrected chi connectivity index (χ4v) is 1.99. The third-order valence-corrected chi connectivity index (χ3v) is 3.53. The van der Waals surface area contributed by atoms with Gasteiger partial charge in [0, 0.05) is 12.7 Å². The third kappa shape index (κ3) is 7.88. The molecule has 0 aromatic rings. The van der Waals surface area contributed by atoms with Crippen LogP contribution in [0.1, 0.15) is 32.6 Å². The first-order valence-corrected chi connectivity index (χ1v) is 7.56. The van der Waals surface area contributed by atoms with Crippen molar-refractivity contribution in [1.82, 2.24) is 5.32 Å². The Bertz CT molecular complexity index is 378. The van der Waals surface area contributed by atoms with Gasteiger partial charge >= 0.3 is 12.1 Å². The number of rotatable bonds is 8. The lowest BCUT2D eigenvalue weighted by Crippen LogP contribution is -2.41. The van der Waals surface area contributed by atoms with Gasteiger partial charge in [-0.3, -0.25) is 4.79 Å². The first-order chi connectivity index (χ1) is 8.27. The molecule has 1 unspecified atom stereocenters. The molecular formula is C10H19NO6S. The minimum absolute atomic E-state index is 0.183. The summed E-state index contributed by atoms with van der Waals surface area (Å²) in [6.45, 7) is 2.13. The van der Waals surface area contributed by atoms with Crippen molar-refractivity contribution in [2.45, 2.75) is 38.0 Å². The van der Waals surface area contributed by atoms with Crippen molar-refractivity contribution < 1.29 is 27.9 Å². The van der Waals surface area contributed by atoms with Crippen LogP contribution in [0.2, 0.25) is 0 Å². The molecule has 0 aliphatic carbocycles. The average molecular weight is 281 g/mol. The molecule has 0 rings (SSSR count). The fraction of sp³-hybridized carbons (Fsp3) is 0.800. The number of carboxylic acid groups (broad SMARTS) is 1. The summed E-state index contributed by atoms with van der Waals surface area (Å²) in [4.78, 5) is 21.7. The van der Waals surface area contributed by atoms with Gasteiger partial charge in [0.1, 0.15) is 5.37 Å². The number of unbranched alkanes of at least 4 members (excludes halogenated alkanes) is 1. The summed E-state index contributed by atoms with van der Waals surface area (Å²) in [6, 6.07) is 0. The highest BCUT2D eigenvalue weighted by Crippen LogP contribution is 2.05. The zero-order chi connectivity index (χ0) is 14.2. The van der Waals surface area contributed by atoms with E-state index in [2.05, 4.69) is 5.32 Å². The van der Waals surface area contributed by atoms with E-state index in [1.165, 1.54) is 0 Å². The van der Waals surface area contributed by atoms with E-state index in [0.717, 1.165) is 12.7 Å². The lowest BCUT2D eigenvalue weighted by atomic mass is 10.3. The maximum atomic E-state index is 11.3. The van der Waals surface area contributed by atoms with Crippen molar-refractivity contribution in [3.05, 3.63) is 0 Å². The summed E-state index contributed by atoms with van der Waals surface area (Å²) in [7, 11) is -3.56. The molecule has 8 heteroatoms. The Labute approximate surface area is 106 Å². The largest absolute Gasteiger partial charge is 0.481 e. The zero-order valence-corrected chi connectivity index (χ0v) is 11.3. The molecule has 0 aromatic carbocycles. The zero-order valence-electron chi connectivity index (χ0n) is 10.5. The number of nitrogens with one attached hydrogen (secondary N) is 1. The van der Waals surface area contributed by atoms with E-state index < -0.39 is 27.3 Å². The van der Waals surface area contributed by atoms with Crippen LogP contribution < -0.4 is 5.32 Å². The van der Waals surface area contributed by atoms with Crippen molar-refractivity contribution in [3.63, 3.8) is 0 Å². The van der Waals surface area contributed by atoms with Crippen LogP contribution in [0.4, 0.5) is 4.79 Å². The first kappa shape index (κ1) is 16.7. The third-order valence-electron chi connectivity index (χ3n) is 2.15. The van der Waals surface area contributed by atoms with Crippen molar-refractivity contribution in [1.29, 1.82) is 0 Å². The van der Waals surface area contributed by atoms with Crippen LogP contribution in [-0.4, -0.2) is 43.8 Å². The Morgan fingerprint density at radius 2 is 2.00 bits per heavy atom. The summed E-state index contributed by atoms with van der Waals surface area (Å²) in [5, 5.41) is 9.42. The van der Waals surface area contributed by atoms with Crippen LogP contribution >= 0.6 is 0 Å². The molecule has 0 aromatic heterocycles. The molecule has 0 fully saturated rings. The van der Waals surface area contributed by atoms with Gasteiger partial charge in [-0.25, -0.2) is 13.2 Å². The van der Waals surface area contributed by atoms with E-state index in [4.69, 9.17) is 9.84 Å². The van der Waals surface area contributed by atoms with E-state index in [9.17, 15) is 18.0 Å². The molecule has 0 saturated carbocycles. The number of alkyl carbamates (subject to hydrolysis) is 1. The lowest BCUT2D eigenvalue weighted by molar-refractivity contribution is -0.137. The highest BCUT2D eigenvalue weighted by Gasteiger charge is 2.24. The Morgan fingerprint density at radius 3 is 2.44 bits per heavy atom. The number of carboxylic acids is 1. The van der Waals surface area contributed by atoms with E-state index in [-0.39, 0.29) is 19.4 Å². The number of hydrogen-bond donors (Lipinski definition) is 2. The molecule has 0 aliphatic heterocycles. The summed E-state index contributed by atoms with van der Waals surface area (Å²) in [5.41, 5.74) is 0. The predicted octanol–water partition coefficient (Wildman–Crippen LogP) is 0.748. The highest BCUT2D eigenvalue weighted by atomic mass is 32.2. The van der Waals surface area contributed by atoms with Gasteiger partial charge in [-0.15, -0.1) is 0 Å². The van der Waals surface area contributed by atoms with E-state index in [1.807, 2.05) is 6.92 Å². The monoisotopic (exact) mass is 281 g/mol. The second-order valence-electron chi connectivity index (χ2n) is 3.88. The highest BCUT2D eigenvalue weighted by molar-refractivity contribution is 7.91. The number of ether oxygens (including phenoxy) is 1. The topological polar surface area (TPSA) is 110 Å². The molecular weight excluding hydrogens is 262 g/mol. The Hall–Kier alpha value is -1.31. The van der Waals surface area contributed by atoms with Crippen LogP contribution in [0.3, 0.4) is 0 Å². The molecule has 18 heavy (non-hydrogen) atoms. The van der Waals surface area contributed by atoms with Gasteiger partial charge in [0.25, 0.3) is 0 Å². The van der Waals surface area contributed by atoms with Crippen molar-refractivity contribution in [2.75, 3.05) is 12.9 Å². The molecule has 1 amide bonds. The van der Waals surface area contributed by atoms with Crippen LogP contribution in [0.25, 0.3) is 0 Å². The fourth-order valence-electron chi connectivity index (χ4n) is 1.13. The van der Waals surface area contributed by atoms with Gasteiger partial charge in [0.15, 0.2) is 9.84 Å². The molecule has 0 heterocycles. The van der Waals surface area contributed by atoms with Crippen molar-refractivity contribution in [2.24, 2.45) is 0 Å². The molecule has 0 aliphatic rings. The summed E-state index contributed by atoms with van der Waals surface area (Å²) in [6.07, 6.45) is 1.10. The van der Waals surface area contributed by atoms with Gasteiger partial charge < -0.3 is 15.2 Å². The molecule has 7 nitrogen and oxygen atoms in total. The van der Waals surface area contributed by atoms with Gasteiger partial charge in [-0.05, 0) is 12.8 Å². The minimum Gasteiger partial charge on any atom is -0.481 e. The number of carbonyl (C=O) groups excluding carboxylic acids is 1. The predicted molar refractivity (Wildman–Crippen MR) is 64.9 cm³/mol. The van der Waals surface area contributed by atoms with E-state index >= 15 is 0 Å². The van der Waals surface area contributed by atoms with Crippen LogP contribution in [0, 0.1) is 0 Å².